The minimum atomic E-state index is 1.03. The summed E-state index contributed by atoms with van der Waals surface area (Å²) in [5, 5.41) is 0. The summed E-state index contributed by atoms with van der Waals surface area (Å²) in [6.07, 6.45) is 3.08. The summed E-state index contributed by atoms with van der Waals surface area (Å²) in [7, 11) is 4.26. The van der Waals surface area contributed by atoms with Crippen molar-refractivity contribution < 1.29 is 0 Å². The highest BCUT2D eigenvalue weighted by atomic mass is 15.1. The third-order valence-electron chi connectivity index (χ3n) is 2.06. The number of nitrogens with zero attached hydrogens (tertiary/aromatic N) is 2. The van der Waals surface area contributed by atoms with Crippen molar-refractivity contribution in [3.05, 3.63) is 11.2 Å². The van der Waals surface area contributed by atoms with E-state index in [-0.39, 0.29) is 0 Å². The molecule has 3 heteroatoms. The molecule has 1 radical (unpaired) electrons. The molecular weight excluding hydrogens is 147 g/mol. The van der Waals surface area contributed by atoms with Crippen LogP contribution in [0.5, 0.6) is 0 Å². The van der Waals surface area contributed by atoms with Crippen molar-refractivity contribution in [2.75, 3.05) is 20.1 Å². The molecule has 2 aliphatic rings. The molecular formula is C9H16BN2. The number of likely N-dealkylation sites (N-methyl/N-ethyl adjacent to an activating group) is 1. The summed E-state index contributed by atoms with van der Waals surface area (Å²) in [6.45, 7) is 6.21. The fraction of sp³-hybridized carbons (Fsp3) is 0.667. The second-order valence-electron chi connectivity index (χ2n) is 2.90. The lowest BCUT2D eigenvalue weighted by Gasteiger charge is -2.22. The SMILES string of the molecule is CC.CN1CCC2=C(C1)N=C[B]2. The second kappa shape index (κ2) is 4.46. The Morgan fingerprint density at radius 2 is 2.25 bits per heavy atom. The van der Waals surface area contributed by atoms with Gasteiger partial charge in [0.2, 0.25) is 7.28 Å². The van der Waals surface area contributed by atoms with Crippen molar-refractivity contribution in [1.29, 1.82) is 0 Å². The molecule has 0 atom stereocenters. The van der Waals surface area contributed by atoms with Crippen molar-refractivity contribution >= 4 is 13.4 Å². The van der Waals surface area contributed by atoms with Crippen LogP contribution in [0.25, 0.3) is 0 Å². The number of rotatable bonds is 0. The molecule has 0 amide bonds. The Kier molecular flexibility index (Phi) is 3.54. The van der Waals surface area contributed by atoms with Crippen LogP contribution in [-0.4, -0.2) is 38.4 Å². The van der Waals surface area contributed by atoms with E-state index in [1.54, 1.807) is 0 Å². The lowest BCUT2D eigenvalue weighted by atomic mass is 9.70. The Labute approximate surface area is 75.6 Å². The van der Waals surface area contributed by atoms with E-state index in [2.05, 4.69) is 24.2 Å². The first kappa shape index (κ1) is 9.52. The summed E-state index contributed by atoms with van der Waals surface area (Å²) in [6, 6.07) is 0. The molecule has 0 spiro atoms. The van der Waals surface area contributed by atoms with Gasteiger partial charge in [-0.2, -0.15) is 0 Å². The molecule has 2 aliphatic heterocycles. The molecule has 0 aliphatic carbocycles. The molecule has 12 heavy (non-hydrogen) atoms. The van der Waals surface area contributed by atoms with Gasteiger partial charge < -0.3 is 4.90 Å². The van der Waals surface area contributed by atoms with E-state index >= 15 is 0 Å². The predicted molar refractivity (Wildman–Crippen MR) is 54.7 cm³/mol. The molecule has 0 bridgehead atoms. The molecule has 0 fully saturated rings. The highest BCUT2D eigenvalue weighted by molar-refractivity contribution is 6.75. The van der Waals surface area contributed by atoms with Gasteiger partial charge in [0, 0.05) is 18.8 Å². The van der Waals surface area contributed by atoms with Crippen LogP contribution < -0.4 is 0 Å². The number of hydrogen-bond acceptors (Lipinski definition) is 2. The highest BCUT2D eigenvalue weighted by Gasteiger charge is 2.18. The van der Waals surface area contributed by atoms with Crippen LogP contribution in [0, 0.1) is 0 Å². The highest BCUT2D eigenvalue weighted by Crippen LogP contribution is 2.19. The van der Waals surface area contributed by atoms with E-state index in [1.165, 1.54) is 24.1 Å². The van der Waals surface area contributed by atoms with E-state index in [0.29, 0.717) is 0 Å². The van der Waals surface area contributed by atoms with Crippen LogP contribution in [0.3, 0.4) is 0 Å². The normalized spacial score (nSPS) is 21.2. The van der Waals surface area contributed by atoms with Gasteiger partial charge in [-0.25, -0.2) is 0 Å². The smallest absolute Gasteiger partial charge is 0.203 e. The maximum absolute atomic E-state index is 4.27. The molecule has 65 valence electrons. The number of hydrogen-bond donors (Lipinski definition) is 0. The summed E-state index contributed by atoms with van der Waals surface area (Å²) in [5.74, 6) is 0. The summed E-state index contributed by atoms with van der Waals surface area (Å²) in [5.41, 5.74) is 2.71. The molecule has 2 nitrogen and oxygen atoms in total. The van der Waals surface area contributed by atoms with Crippen LogP contribution in [0.1, 0.15) is 20.3 Å². The molecule has 0 N–H and O–H groups in total. The van der Waals surface area contributed by atoms with Crippen LogP contribution >= 0.6 is 0 Å². The molecule has 0 aromatic carbocycles. The Morgan fingerprint density at radius 1 is 1.50 bits per heavy atom. The zero-order chi connectivity index (χ0) is 8.97. The Bertz CT molecular complexity index is 209. The first-order chi connectivity index (χ1) is 5.86. The topological polar surface area (TPSA) is 15.6 Å². The lowest BCUT2D eigenvalue weighted by Crippen LogP contribution is -2.27. The Morgan fingerprint density at radius 3 is 3.00 bits per heavy atom. The van der Waals surface area contributed by atoms with E-state index in [4.69, 9.17) is 0 Å². The third kappa shape index (κ3) is 1.98. The molecule has 0 saturated heterocycles. The van der Waals surface area contributed by atoms with Crippen molar-refractivity contribution in [1.82, 2.24) is 4.90 Å². The summed E-state index contributed by atoms with van der Waals surface area (Å²) in [4.78, 5) is 6.57. The van der Waals surface area contributed by atoms with Gasteiger partial charge in [-0.1, -0.05) is 19.3 Å². The van der Waals surface area contributed by atoms with Crippen LogP contribution in [-0.2, 0) is 0 Å². The van der Waals surface area contributed by atoms with E-state index in [9.17, 15) is 0 Å². The molecule has 0 aromatic heterocycles. The lowest BCUT2D eigenvalue weighted by molar-refractivity contribution is 0.352. The van der Waals surface area contributed by atoms with Crippen molar-refractivity contribution in [2.45, 2.75) is 20.3 Å². The minimum Gasteiger partial charge on any atom is -0.300 e. The second-order valence-corrected chi connectivity index (χ2v) is 2.90. The average molecular weight is 163 g/mol. The van der Waals surface area contributed by atoms with Gasteiger partial charge in [0.15, 0.2) is 0 Å². The zero-order valence-electron chi connectivity index (χ0n) is 8.17. The predicted octanol–water partition coefficient (Wildman–Crippen LogP) is 1.31. The summed E-state index contributed by atoms with van der Waals surface area (Å²) >= 11 is 0. The van der Waals surface area contributed by atoms with E-state index in [1.807, 2.05) is 20.0 Å². The maximum atomic E-state index is 4.27. The van der Waals surface area contributed by atoms with Gasteiger partial charge in [-0.15, -0.1) is 0 Å². The minimum absolute atomic E-state index is 1.03. The van der Waals surface area contributed by atoms with Crippen molar-refractivity contribution in [3.8, 4) is 0 Å². The monoisotopic (exact) mass is 163 g/mol. The Balaban J connectivity index is 0.000000336. The molecule has 2 heterocycles. The van der Waals surface area contributed by atoms with Gasteiger partial charge >= 0.3 is 0 Å². The van der Waals surface area contributed by atoms with Crippen LogP contribution in [0.15, 0.2) is 16.2 Å². The van der Waals surface area contributed by atoms with E-state index < -0.39 is 0 Å². The van der Waals surface area contributed by atoms with Crippen LogP contribution in [0.4, 0.5) is 0 Å². The fourth-order valence-electron chi connectivity index (χ4n) is 1.41. The van der Waals surface area contributed by atoms with Crippen molar-refractivity contribution in [3.63, 3.8) is 0 Å². The largest absolute Gasteiger partial charge is 0.300 e. The van der Waals surface area contributed by atoms with Gasteiger partial charge in [0.1, 0.15) is 0 Å². The number of aliphatic imine (C=N–C) groups is 1. The van der Waals surface area contributed by atoms with Gasteiger partial charge in [-0.05, 0) is 19.6 Å². The zero-order valence-corrected chi connectivity index (χ0v) is 8.17. The fourth-order valence-corrected chi connectivity index (χ4v) is 1.41. The maximum Gasteiger partial charge on any atom is 0.203 e. The van der Waals surface area contributed by atoms with E-state index in [0.717, 1.165) is 6.54 Å². The molecule has 0 unspecified atom stereocenters. The molecule has 0 saturated carbocycles. The van der Waals surface area contributed by atoms with Crippen LogP contribution in [0.2, 0.25) is 0 Å². The van der Waals surface area contributed by atoms with Gasteiger partial charge in [0.05, 0.1) is 0 Å². The Hall–Kier alpha value is -0.565. The third-order valence-corrected chi connectivity index (χ3v) is 2.06. The van der Waals surface area contributed by atoms with Crippen molar-refractivity contribution in [2.24, 2.45) is 4.99 Å². The quantitative estimate of drug-likeness (QED) is 0.491. The molecule has 0 aromatic rings. The standard InChI is InChI=1S/C7H10BN2.C2H6/c1-10-3-2-6-7(4-10)9-5-8-6;1-2/h5H,2-4H2,1H3;1-2H3. The first-order valence-electron chi connectivity index (χ1n) is 4.64. The molecule has 2 rings (SSSR count). The van der Waals surface area contributed by atoms with Gasteiger partial charge in [0.25, 0.3) is 0 Å². The van der Waals surface area contributed by atoms with Gasteiger partial charge in [-0.3, -0.25) is 4.99 Å². The summed E-state index contributed by atoms with van der Waals surface area (Å²) < 4.78 is 0. The average Bonchev–Trinajstić information content (AvgIpc) is 2.54. The first-order valence-corrected chi connectivity index (χ1v) is 4.64.